The molecule has 20 heavy (non-hydrogen) atoms. The number of rotatable bonds is 5. The van der Waals surface area contributed by atoms with Gasteiger partial charge in [0.05, 0.1) is 0 Å². The molecule has 0 heterocycles. The highest BCUT2D eigenvalue weighted by Crippen LogP contribution is 2.41. The molecule has 1 aromatic carbocycles. The summed E-state index contributed by atoms with van der Waals surface area (Å²) in [6, 6.07) is 6.52. The van der Waals surface area contributed by atoms with Crippen molar-refractivity contribution in [3.05, 3.63) is 35.9 Å². The zero-order chi connectivity index (χ0) is 14.6. The van der Waals surface area contributed by atoms with Gasteiger partial charge in [-0.05, 0) is 24.7 Å². The molecule has 1 aliphatic carbocycles. The normalized spacial score (nSPS) is 20.0. The van der Waals surface area contributed by atoms with Crippen LogP contribution in [0.25, 0.3) is 0 Å². The van der Waals surface area contributed by atoms with Gasteiger partial charge in [-0.2, -0.15) is 24.9 Å². The first kappa shape index (κ1) is 15.7. The molecule has 1 aliphatic rings. The maximum atomic E-state index is 13.2. The monoisotopic (exact) mass is 303 g/mol. The number of alkyl halides is 3. The standard InChI is InChI=1S/C15H20F3NS/c1-20-14(9-5-6-10-14)11-19-13(15(16,17)18)12-7-3-2-4-8-12/h2-4,7-8,13,19H,5-6,9-11H2,1H3. The number of hydrogen-bond acceptors (Lipinski definition) is 2. The van der Waals surface area contributed by atoms with Crippen LogP contribution in [0.15, 0.2) is 30.3 Å². The summed E-state index contributed by atoms with van der Waals surface area (Å²) in [6.45, 7) is 0.410. The van der Waals surface area contributed by atoms with Gasteiger partial charge in [-0.1, -0.05) is 43.2 Å². The van der Waals surface area contributed by atoms with E-state index in [0.717, 1.165) is 25.7 Å². The van der Waals surface area contributed by atoms with Gasteiger partial charge in [0, 0.05) is 11.3 Å². The molecule has 2 rings (SSSR count). The minimum atomic E-state index is -4.26. The van der Waals surface area contributed by atoms with Crippen molar-refractivity contribution >= 4 is 11.8 Å². The largest absolute Gasteiger partial charge is 0.407 e. The lowest BCUT2D eigenvalue weighted by atomic mass is 10.0. The van der Waals surface area contributed by atoms with Crippen molar-refractivity contribution in [2.45, 2.75) is 42.6 Å². The highest BCUT2D eigenvalue weighted by Gasteiger charge is 2.42. The molecule has 1 atom stereocenters. The second kappa shape index (κ2) is 6.39. The topological polar surface area (TPSA) is 12.0 Å². The van der Waals surface area contributed by atoms with E-state index < -0.39 is 12.2 Å². The highest BCUT2D eigenvalue weighted by molar-refractivity contribution is 8.00. The molecule has 1 saturated carbocycles. The van der Waals surface area contributed by atoms with Crippen LogP contribution in [0.3, 0.4) is 0 Å². The lowest BCUT2D eigenvalue weighted by Gasteiger charge is -2.31. The summed E-state index contributed by atoms with van der Waals surface area (Å²) in [5, 5.41) is 2.76. The fourth-order valence-electron chi connectivity index (χ4n) is 2.83. The van der Waals surface area contributed by atoms with Gasteiger partial charge in [0.2, 0.25) is 0 Å². The first-order valence-corrected chi connectivity index (χ1v) is 8.09. The van der Waals surface area contributed by atoms with Crippen molar-refractivity contribution in [3.63, 3.8) is 0 Å². The Kier molecular flexibility index (Phi) is 5.02. The molecule has 0 amide bonds. The second-order valence-electron chi connectivity index (χ2n) is 5.36. The summed E-state index contributed by atoms with van der Waals surface area (Å²) in [6.07, 6.45) is 1.97. The third-order valence-corrected chi connectivity index (χ3v) is 5.45. The predicted octanol–water partition coefficient (Wildman–Crippen LogP) is 4.56. The molecule has 0 spiro atoms. The molecule has 0 saturated heterocycles. The molecule has 5 heteroatoms. The van der Waals surface area contributed by atoms with Crippen molar-refractivity contribution in [2.24, 2.45) is 0 Å². The van der Waals surface area contributed by atoms with E-state index >= 15 is 0 Å². The zero-order valence-electron chi connectivity index (χ0n) is 11.5. The Morgan fingerprint density at radius 1 is 1.20 bits per heavy atom. The Morgan fingerprint density at radius 3 is 2.30 bits per heavy atom. The maximum absolute atomic E-state index is 13.2. The summed E-state index contributed by atoms with van der Waals surface area (Å²) in [5.74, 6) is 0. The van der Waals surface area contributed by atoms with E-state index in [-0.39, 0.29) is 10.3 Å². The van der Waals surface area contributed by atoms with Crippen LogP contribution >= 0.6 is 11.8 Å². The van der Waals surface area contributed by atoms with Crippen LogP contribution in [0.1, 0.15) is 37.3 Å². The first-order valence-electron chi connectivity index (χ1n) is 6.87. The number of nitrogens with one attached hydrogen (secondary N) is 1. The van der Waals surface area contributed by atoms with E-state index in [9.17, 15) is 13.2 Å². The number of thioether (sulfide) groups is 1. The fraction of sp³-hybridized carbons (Fsp3) is 0.600. The summed E-state index contributed by atoms with van der Waals surface area (Å²) in [5.41, 5.74) is 0.286. The fourth-order valence-corrected chi connectivity index (χ4v) is 3.75. The molecule has 0 radical (unpaired) electrons. The predicted molar refractivity (Wildman–Crippen MR) is 78.0 cm³/mol. The van der Waals surface area contributed by atoms with E-state index in [1.165, 1.54) is 12.1 Å². The first-order chi connectivity index (χ1) is 9.47. The number of hydrogen-bond donors (Lipinski definition) is 1. The second-order valence-corrected chi connectivity index (χ2v) is 6.63. The van der Waals surface area contributed by atoms with Gasteiger partial charge in [-0.15, -0.1) is 0 Å². The van der Waals surface area contributed by atoms with Crippen LogP contribution < -0.4 is 5.32 Å². The molecular formula is C15H20F3NS. The maximum Gasteiger partial charge on any atom is 0.407 e. The van der Waals surface area contributed by atoms with E-state index in [4.69, 9.17) is 0 Å². The SMILES string of the molecule is CSC1(CNC(c2ccccc2)C(F)(F)F)CCCC1. The minimum absolute atomic E-state index is 0.0295. The van der Waals surface area contributed by atoms with Gasteiger partial charge in [-0.25, -0.2) is 0 Å². The van der Waals surface area contributed by atoms with Gasteiger partial charge < -0.3 is 5.32 Å². The van der Waals surface area contributed by atoms with E-state index in [1.54, 1.807) is 30.0 Å². The zero-order valence-corrected chi connectivity index (χ0v) is 12.4. The summed E-state index contributed by atoms with van der Waals surface area (Å²) in [4.78, 5) is 0. The van der Waals surface area contributed by atoms with Crippen molar-refractivity contribution in [3.8, 4) is 0 Å². The van der Waals surface area contributed by atoms with Crippen molar-refractivity contribution in [1.29, 1.82) is 0 Å². The van der Waals surface area contributed by atoms with Crippen LogP contribution in [0.5, 0.6) is 0 Å². The summed E-state index contributed by atoms with van der Waals surface area (Å²) < 4.78 is 39.7. The number of benzene rings is 1. The van der Waals surface area contributed by atoms with E-state index in [1.807, 2.05) is 6.26 Å². The number of halogens is 3. The van der Waals surface area contributed by atoms with Gasteiger partial charge >= 0.3 is 6.18 Å². The third-order valence-electron chi connectivity index (χ3n) is 4.04. The molecule has 112 valence electrons. The average Bonchev–Trinajstić information content (AvgIpc) is 2.88. The molecule has 1 unspecified atom stereocenters. The smallest absolute Gasteiger partial charge is 0.301 e. The molecule has 1 aromatic rings. The molecule has 0 aromatic heterocycles. The molecule has 0 aliphatic heterocycles. The van der Waals surface area contributed by atoms with Crippen molar-refractivity contribution in [2.75, 3.05) is 12.8 Å². The molecular weight excluding hydrogens is 283 g/mol. The van der Waals surface area contributed by atoms with Crippen LogP contribution in [0.2, 0.25) is 0 Å². The van der Waals surface area contributed by atoms with Gasteiger partial charge in [0.15, 0.2) is 0 Å². The van der Waals surface area contributed by atoms with Crippen molar-refractivity contribution < 1.29 is 13.2 Å². The van der Waals surface area contributed by atoms with E-state index in [0.29, 0.717) is 6.54 Å². The minimum Gasteiger partial charge on any atom is -0.301 e. The third kappa shape index (κ3) is 3.70. The van der Waals surface area contributed by atoms with E-state index in [2.05, 4.69) is 5.32 Å². The van der Waals surface area contributed by atoms with Crippen LogP contribution in [0.4, 0.5) is 13.2 Å². The van der Waals surface area contributed by atoms with Crippen LogP contribution in [-0.2, 0) is 0 Å². The Labute approximate surface area is 122 Å². The Hall–Kier alpha value is -0.680. The lowest BCUT2D eigenvalue weighted by Crippen LogP contribution is -2.42. The van der Waals surface area contributed by atoms with Gasteiger partial charge in [0.1, 0.15) is 6.04 Å². The van der Waals surface area contributed by atoms with Crippen LogP contribution in [-0.4, -0.2) is 23.7 Å². The Morgan fingerprint density at radius 2 is 1.80 bits per heavy atom. The Bertz CT molecular complexity index is 413. The average molecular weight is 303 g/mol. The highest BCUT2D eigenvalue weighted by atomic mass is 32.2. The van der Waals surface area contributed by atoms with Gasteiger partial charge in [0.25, 0.3) is 0 Å². The Balaban J connectivity index is 2.09. The lowest BCUT2D eigenvalue weighted by molar-refractivity contribution is -0.158. The molecule has 1 N–H and O–H groups in total. The van der Waals surface area contributed by atoms with Crippen LogP contribution in [0, 0.1) is 0 Å². The summed E-state index contributed by atoms with van der Waals surface area (Å²) >= 11 is 1.70. The molecule has 1 nitrogen and oxygen atoms in total. The quantitative estimate of drug-likeness (QED) is 0.856. The van der Waals surface area contributed by atoms with Gasteiger partial charge in [-0.3, -0.25) is 0 Å². The molecule has 0 bridgehead atoms. The van der Waals surface area contributed by atoms with Crippen molar-refractivity contribution in [1.82, 2.24) is 5.32 Å². The molecule has 1 fully saturated rings. The summed E-state index contributed by atoms with van der Waals surface area (Å²) in [7, 11) is 0.